The van der Waals surface area contributed by atoms with E-state index in [1.54, 1.807) is 42.5 Å². The summed E-state index contributed by atoms with van der Waals surface area (Å²) in [4.78, 5) is 37.7. The number of ketones is 1. The summed E-state index contributed by atoms with van der Waals surface area (Å²) in [5.41, 5.74) is 6.67. The number of halogens is 1. The van der Waals surface area contributed by atoms with Gasteiger partial charge in [-0.2, -0.15) is 0 Å². The average Bonchev–Trinajstić information content (AvgIpc) is 2.70. The highest BCUT2D eigenvalue weighted by atomic mass is 35.5. The number of carbonyl (C=O) groups is 3. The molecule has 1 saturated heterocycles. The number of amides is 2. The Kier molecular flexibility index (Phi) is 6.44. The monoisotopic (exact) mass is 400 g/mol. The van der Waals surface area contributed by atoms with Crippen molar-refractivity contribution in [2.75, 3.05) is 25.0 Å². The molecule has 28 heavy (non-hydrogen) atoms. The summed E-state index contributed by atoms with van der Waals surface area (Å²) in [6, 6.07) is 13.7. The van der Waals surface area contributed by atoms with Gasteiger partial charge < -0.3 is 16.0 Å². The van der Waals surface area contributed by atoms with E-state index in [9.17, 15) is 14.4 Å². The fourth-order valence-electron chi connectivity index (χ4n) is 3.47. The van der Waals surface area contributed by atoms with E-state index < -0.39 is 0 Å². The second-order valence-corrected chi connectivity index (χ2v) is 7.47. The third kappa shape index (κ3) is 4.97. The normalized spacial score (nSPS) is 19.0. The minimum Gasteiger partial charge on any atom is -0.369 e. The molecule has 1 heterocycles. The maximum absolute atomic E-state index is 12.8. The molecule has 1 aliphatic rings. The smallest absolute Gasteiger partial charge is 0.279 e. The molecule has 1 aliphatic heterocycles. The Morgan fingerprint density at radius 1 is 1.07 bits per heavy atom. The fraction of sp³-hybridized carbons (Fsp3) is 0.286. The number of anilines is 1. The van der Waals surface area contributed by atoms with Gasteiger partial charge in [0, 0.05) is 34.9 Å². The molecule has 2 amide bonds. The molecule has 0 bridgehead atoms. The number of quaternary nitrogens is 1. The maximum atomic E-state index is 12.8. The van der Waals surface area contributed by atoms with Crippen molar-refractivity contribution in [3.63, 3.8) is 0 Å². The fourth-order valence-corrected chi connectivity index (χ4v) is 3.64. The first-order chi connectivity index (χ1) is 13.4. The van der Waals surface area contributed by atoms with Gasteiger partial charge in [0.1, 0.15) is 0 Å². The van der Waals surface area contributed by atoms with Gasteiger partial charge in [-0.1, -0.05) is 41.9 Å². The van der Waals surface area contributed by atoms with Crippen molar-refractivity contribution in [3.8, 4) is 0 Å². The van der Waals surface area contributed by atoms with Crippen molar-refractivity contribution in [1.29, 1.82) is 0 Å². The Morgan fingerprint density at radius 2 is 1.75 bits per heavy atom. The molecule has 3 rings (SSSR count). The second-order valence-electron chi connectivity index (χ2n) is 7.04. The van der Waals surface area contributed by atoms with Crippen LogP contribution in [0.3, 0.4) is 0 Å². The first-order valence-corrected chi connectivity index (χ1v) is 9.64. The van der Waals surface area contributed by atoms with Crippen LogP contribution in [0.2, 0.25) is 5.02 Å². The minimum atomic E-state index is -0.270. The summed E-state index contributed by atoms with van der Waals surface area (Å²) in [5.74, 6) is -0.753. The van der Waals surface area contributed by atoms with E-state index in [2.05, 4.69) is 5.32 Å². The number of likely N-dealkylation sites (tertiary alicyclic amines) is 1. The number of piperidine rings is 1. The summed E-state index contributed by atoms with van der Waals surface area (Å²) in [5, 5.41) is 3.27. The number of hydrogen-bond donors (Lipinski definition) is 3. The molecule has 0 radical (unpaired) electrons. The lowest BCUT2D eigenvalue weighted by molar-refractivity contribution is -0.897. The van der Waals surface area contributed by atoms with E-state index in [1.807, 2.05) is 6.07 Å². The van der Waals surface area contributed by atoms with Gasteiger partial charge >= 0.3 is 0 Å². The summed E-state index contributed by atoms with van der Waals surface area (Å²) in [6.07, 6.45) is 1.38. The van der Waals surface area contributed by atoms with Crippen molar-refractivity contribution in [2.24, 2.45) is 11.7 Å². The molecular formula is C21H23ClN3O3+. The summed E-state index contributed by atoms with van der Waals surface area (Å²) in [6.45, 7) is 1.71. The molecule has 2 aromatic rings. The van der Waals surface area contributed by atoms with E-state index in [4.69, 9.17) is 17.3 Å². The second kappa shape index (κ2) is 8.99. The van der Waals surface area contributed by atoms with Crippen molar-refractivity contribution >= 4 is 34.9 Å². The van der Waals surface area contributed by atoms with Crippen LogP contribution in [0.25, 0.3) is 0 Å². The van der Waals surface area contributed by atoms with Crippen molar-refractivity contribution in [2.45, 2.75) is 12.8 Å². The molecule has 4 N–H and O–H groups in total. The van der Waals surface area contributed by atoms with Gasteiger partial charge in [0.2, 0.25) is 5.91 Å². The van der Waals surface area contributed by atoms with Crippen molar-refractivity contribution in [1.82, 2.24) is 0 Å². The lowest BCUT2D eigenvalue weighted by atomic mass is 9.96. The van der Waals surface area contributed by atoms with Crippen LogP contribution in [-0.2, 0) is 9.59 Å². The molecule has 0 spiro atoms. The Hall–Kier alpha value is -2.70. The third-order valence-corrected chi connectivity index (χ3v) is 5.28. The molecule has 146 valence electrons. The highest BCUT2D eigenvalue weighted by molar-refractivity contribution is 6.31. The van der Waals surface area contributed by atoms with Crippen LogP contribution in [0.1, 0.15) is 28.8 Å². The molecule has 2 aromatic carbocycles. The molecule has 0 aromatic heterocycles. The summed E-state index contributed by atoms with van der Waals surface area (Å²) in [7, 11) is 0. The van der Waals surface area contributed by atoms with Crippen LogP contribution in [0, 0.1) is 5.92 Å². The van der Waals surface area contributed by atoms with Gasteiger partial charge in [-0.15, -0.1) is 0 Å². The zero-order valence-corrected chi connectivity index (χ0v) is 16.2. The topological polar surface area (TPSA) is 93.7 Å². The van der Waals surface area contributed by atoms with Crippen LogP contribution in [0.4, 0.5) is 5.69 Å². The average molecular weight is 401 g/mol. The van der Waals surface area contributed by atoms with Gasteiger partial charge in [-0.05, 0) is 18.2 Å². The predicted molar refractivity (Wildman–Crippen MR) is 107 cm³/mol. The quantitative estimate of drug-likeness (QED) is 0.638. The van der Waals surface area contributed by atoms with Crippen LogP contribution in [0.15, 0.2) is 48.5 Å². The highest BCUT2D eigenvalue weighted by Gasteiger charge is 2.27. The first kappa shape index (κ1) is 20.0. The number of primary amides is 1. The Bertz CT molecular complexity index is 878. The molecule has 7 heteroatoms. The van der Waals surface area contributed by atoms with E-state index in [0.717, 1.165) is 18.0 Å². The number of nitrogens with two attached hydrogens (primary N) is 1. The maximum Gasteiger partial charge on any atom is 0.279 e. The van der Waals surface area contributed by atoms with Gasteiger partial charge in [-0.3, -0.25) is 14.4 Å². The predicted octanol–water partition coefficient (Wildman–Crippen LogP) is 1.29. The first-order valence-electron chi connectivity index (χ1n) is 9.26. The Morgan fingerprint density at radius 3 is 2.39 bits per heavy atom. The van der Waals surface area contributed by atoms with Crippen LogP contribution in [-0.4, -0.2) is 37.2 Å². The minimum absolute atomic E-state index is 0.0989. The van der Waals surface area contributed by atoms with Crippen molar-refractivity contribution in [3.05, 3.63) is 64.7 Å². The Balaban J connectivity index is 1.68. The number of carbonyl (C=O) groups excluding carboxylic acids is 3. The number of rotatable bonds is 6. The van der Waals surface area contributed by atoms with Crippen LogP contribution in [0.5, 0.6) is 0 Å². The van der Waals surface area contributed by atoms with Gasteiger partial charge in [-0.25, -0.2) is 0 Å². The SMILES string of the molecule is NC(=O)C1CC[NH+](CC(=O)Nc2ccc(Cl)cc2C(=O)c2ccccc2)CC1. The lowest BCUT2D eigenvalue weighted by Gasteiger charge is -2.27. The number of nitrogens with one attached hydrogen (secondary N) is 2. The molecule has 0 atom stereocenters. The largest absolute Gasteiger partial charge is 0.369 e. The third-order valence-electron chi connectivity index (χ3n) is 5.04. The van der Waals surface area contributed by atoms with E-state index in [-0.39, 0.29) is 30.1 Å². The van der Waals surface area contributed by atoms with Gasteiger partial charge in [0.15, 0.2) is 12.3 Å². The Labute approximate surface area is 168 Å². The molecule has 0 saturated carbocycles. The van der Waals surface area contributed by atoms with E-state index in [1.165, 1.54) is 0 Å². The molecule has 6 nitrogen and oxygen atoms in total. The van der Waals surface area contributed by atoms with Gasteiger partial charge in [0.25, 0.3) is 5.91 Å². The van der Waals surface area contributed by atoms with Crippen LogP contribution < -0.4 is 16.0 Å². The highest BCUT2D eigenvalue weighted by Crippen LogP contribution is 2.23. The number of hydrogen-bond acceptors (Lipinski definition) is 3. The van der Waals surface area contributed by atoms with Crippen LogP contribution >= 0.6 is 11.6 Å². The molecule has 0 aliphatic carbocycles. The van der Waals surface area contributed by atoms with Crippen molar-refractivity contribution < 1.29 is 19.3 Å². The molecule has 1 fully saturated rings. The molecule has 0 unspecified atom stereocenters. The van der Waals surface area contributed by atoms with E-state index >= 15 is 0 Å². The standard InChI is InChI=1S/C21H22ClN3O3/c22-16-6-7-18(17(12-16)20(27)14-4-2-1-3-5-14)24-19(26)13-25-10-8-15(9-11-25)21(23)28/h1-7,12,15H,8-11,13H2,(H2,23,28)(H,24,26)/p+1. The molecular weight excluding hydrogens is 378 g/mol. The number of benzene rings is 2. The summed E-state index contributed by atoms with van der Waals surface area (Å²) >= 11 is 6.07. The zero-order valence-electron chi connectivity index (χ0n) is 15.4. The van der Waals surface area contributed by atoms with E-state index in [0.29, 0.717) is 34.7 Å². The zero-order chi connectivity index (χ0) is 20.1. The lowest BCUT2D eigenvalue weighted by Crippen LogP contribution is -3.14. The summed E-state index contributed by atoms with van der Waals surface area (Å²) < 4.78 is 0. The van der Waals surface area contributed by atoms with Gasteiger partial charge in [0.05, 0.1) is 18.8 Å².